The molecule has 1 amide bonds. The second-order valence-electron chi connectivity index (χ2n) is 22.6. The van der Waals surface area contributed by atoms with Gasteiger partial charge in [-0.15, -0.1) is 0 Å². The highest BCUT2D eigenvalue weighted by atomic mass is 16.6. The molecule has 3 aliphatic heterocycles. The lowest BCUT2D eigenvalue weighted by molar-refractivity contribution is -0.265. The first-order valence-corrected chi connectivity index (χ1v) is 30.2. The van der Waals surface area contributed by atoms with Gasteiger partial charge in [0, 0.05) is 82.2 Å². The fraction of sp³-hybridized carbons (Fsp3) is 0.533. The number of hydrogen-bond donors (Lipinski definition) is 3. The van der Waals surface area contributed by atoms with Gasteiger partial charge in [-0.2, -0.15) is 0 Å². The van der Waals surface area contributed by atoms with Crippen LogP contribution in [0.15, 0.2) is 47.6 Å². The SMILES string of the molecule is CC#CC#CC#CC#CC#CC#CC#CC#CC#CC#CC#CC.CO[C@H]1C[C@@H]2CC[C@@H](C)[C@@](O)(O2)C(=O)C(=O)N2CCCC[C@H]2C(=O)O[C@H]([C@H](C)C[C@@H]2CC[C@@H](O)[C@H](OC)C2)CC(=O)[C@H](C)/C=C(\C)[C@@H](O)[C@@H](OC)C(=O)[C@H](C)C[C@H](C)/C=C/C=CC=C1C. The summed E-state index contributed by atoms with van der Waals surface area (Å²) in [5.41, 5.74) is 1.27. The number of aliphatic hydroxyl groups is 3. The quantitative estimate of drug-likeness (QED) is 0.104. The summed E-state index contributed by atoms with van der Waals surface area (Å²) in [4.78, 5) is 71.8. The van der Waals surface area contributed by atoms with Crippen LogP contribution in [0.4, 0.5) is 0 Å². The van der Waals surface area contributed by atoms with Crippen LogP contribution in [0.2, 0.25) is 0 Å². The summed E-state index contributed by atoms with van der Waals surface area (Å²) < 4.78 is 29.4. The van der Waals surface area contributed by atoms with E-state index in [4.69, 9.17) is 23.7 Å². The van der Waals surface area contributed by atoms with Gasteiger partial charge in [-0.1, -0.05) is 82.9 Å². The number of Topliss-reactive ketones (excluding diaryl/α,β-unsaturated/α-hetero) is 3. The van der Waals surface area contributed by atoms with Crippen LogP contribution in [0, 0.1) is 166 Å². The summed E-state index contributed by atoms with van der Waals surface area (Å²) in [7, 11) is 4.52. The van der Waals surface area contributed by atoms with Crippen molar-refractivity contribution in [2.75, 3.05) is 27.9 Å². The van der Waals surface area contributed by atoms with Crippen LogP contribution in [-0.4, -0.2) is 132 Å². The van der Waals surface area contributed by atoms with Gasteiger partial charge in [-0.05, 0) is 216 Å². The van der Waals surface area contributed by atoms with Crippen molar-refractivity contribution in [2.45, 2.75) is 194 Å². The Kier molecular flexibility index (Phi) is 34.6. The second kappa shape index (κ2) is 41.1. The van der Waals surface area contributed by atoms with Crippen molar-refractivity contribution in [3.63, 3.8) is 0 Å². The molecule has 2 bridgehead atoms. The van der Waals surface area contributed by atoms with Gasteiger partial charge in [0.2, 0.25) is 5.79 Å². The number of amides is 1. The van der Waals surface area contributed by atoms with Crippen molar-refractivity contribution >= 4 is 29.2 Å². The number of ether oxygens (including phenoxy) is 5. The van der Waals surface area contributed by atoms with Crippen molar-refractivity contribution in [2.24, 2.45) is 35.5 Å². The van der Waals surface area contributed by atoms with Crippen LogP contribution in [0.5, 0.6) is 0 Å². The second-order valence-corrected chi connectivity index (χ2v) is 22.6. The number of nitrogens with zero attached hydrogens (tertiary/aromatic N) is 1. The van der Waals surface area contributed by atoms with Gasteiger partial charge in [0.1, 0.15) is 30.1 Å². The van der Waals surface area contributed by atoms with Crippen molar-refractivity contribution < 1.29 is 63.0 Å². The molecule has 0 radical (unpaired) electrons. The molecular formula is C75H85NO13. The number of cyclic esters (lactones) is 1. The molecule has 3 heterocycles. The molecule has 0 aromatic carbocycles. The summed E-state index contributed by atoms with van der Waals surface area (Å²) >= 11 is 0. The molecule has 4 rings (SSSR count). The number of fused-ring (bicyclic) bond motifs is 3. The standard InChI is InChI=1S/C51H79NO13.C24H6/c1-30-16-12-11-13-17-31(2)42(61-8)28-38-21-19-36(7)51(60,65-38)48(57)49(58)52-23-15-14-18-39(52)50(59)64-43(33(4)26-37-20-22-40(53)44(27-37)62-9)29-41(54)32(3)25-35(6)46(56)47(63-10)45(55)34(5)24-30;1-3-5-7-9-11-13-15-17-19-21-23-24-22-20-18-16-14-12-10-8-6-4-2/h11-13,16-17,25,30,32-34,36-40,42-44,46-47,53,56,60H,14-15,18-24,26-29H2,1-10H3;1-2H3/b13-11?,16-12+,31-17?,35-25+;/t30-,32-,33-,34-,36-,37+,38+,39+,40-,42+,43+,44-,46-,47+,51-;/m1./s1. The average molecular weight is 1210 g/mol. The Bertz CT molecular complexity index is 3270. The summed E-state index contributed by atoms with van der Waals surface area (Å²) in [6.45, 7) is 16.1. The van der Waals surface area contributed by atoms with Gasteiger partial charge in [0.15, 0.2) is 5.78 Å². The van der Waals surface area contributed by atoms with E-state index in [2.05, 4.69) is 130 Å². The van der Waals surface area contributed by atoms with E-state index in [0.29, 0.717) is 63.4 Å². The number of allylic oxidation sites excluding steroid dienone is 6. The maximum atomic E-state index is 14.4. The number of methoxy groups -OCH3 is 3. The minimum absolute atomic E-state index is 0.0193. The Morgan fingerprint density at radius 3 is 1.75 bits per heavy atom. The maximum absolute atomic E-state index is 14.4. The Morgan fingerprint density at radius 2 is 1.22 bits per heavy atom. The third-order valence-electron chi connectivity index (χ3n) is 15.9. The Labute approximate surface area is 529 Å². The third-order valence-corrected chi connectivity index (χ3v) is 15.9. The van der Waals surface area contributed by atoms with Crippen LogP contribution >= 0.6 is 0 Å². The molecule has 0 aromatic rings. The van der Waals surface area contributed by atoms with Crippen molar-refractivity contribution in [1.82, 2.24) is 4.90 Å². The molecular weight excluding hydrogens is 1120 g/mol. The molecule has 0 aromatic heterocycles. The first-order valence-electron chi connectivity index (χ1n) is 30.2. The number of esters is 1. The van der Waals surface area contributed by atoms with Crippen LogP contribution in [0.1, 0.15) is 139 Å². The normalized spacial score (nSPS) is 29.6. The van der Waals surface area contributed by atoms with Crippen molar-refractivity contribution in [1.29, 1.82) is 0 Å². The number of rotatable bonds is 6. The predicted octanol–water partition coefficient (Wildman–Crippen LogP) is 7.24. The molecule has 15 atom stereocenters. The molecule has 1 aliphatic carbocycles. The molecule has 3 N–H and O–H groups in total. The van der Waals surface area contributed by atoms with Crippen molar-refractivity contribution in [3.8, 4) is 130 Å². The van der Waals surface area contributed by atoms with E-state index in [1.807, 2.05) is 58.1 Å². The molecule has 14 heteroatoms. The molecule has 89 heavy (non-hydrogen) atoms. The summed E-state index contributed by atoms with van der Waals surface area (Å²) in [5.74, 6) is 47.6. The molecule has 4 aliphatic rings. The summed E-state index contributed by atoms with van der Waals surface area (Å²) in [6.07, 6.45) is 11.2. The Morgan fingerprint density at radius 1 is 0.663 bits per heavy atom. The monoisotopic (exact) mass is 1210 g/mol. The molecule has 3 fully saturated rings. The predicted molar refractivity (Wildman–Crippen MR) is 342 cm³/mol. The van der Waals surface area contributed by atoms with Crippen LogP contribution in [0.3, 0.4) is 0 Å². The number of piperidine rings is 1. The molecule has 0 unspecified atom stereocenters. The summed E-state index contributed by atoms with van der Waals surface area (Å²) in [5, 5.41) is 33.8. The molecule has 2 saturated heterocycles. The van der Waals surface area contributed by atoms with E-state index >= 15 is 0 Å². The van der Waals surface area contributed by atoms with Gasteiger partial charge in [-0.3, -0.25) is 19.2 Å². The number of hydrogen-bond acceptors (Lipinski definition) is 13. The van der Waals surface area contributed by atoms with E-state index < -0.39 is 83.9 Å². The fourth-order valence-electron chi connectivity index (χ4n) is 10.8. The van der Waals surface area contributed by atoms with Crippen molar-refractivity contribution in [3.05, 3.63) is 47.6 Å². The molecule has 0 spiro atoms. The van der Waals surface area contributed by atoms with E-state index in [0.717, 1.165) is 12.0 Å². The lowest BCUT2D eigenvalue weighted by Crippen LogP contribution is -2.61. The first kappa shape index (κ1) is 75.0. The zero-order valence-corrected chi connectivity index (χ0v) is 53.6. The lowest BCUT2D eigenvalue weighted by atomic mass is 9.78. The van der Waals surface area contributed by atoms with Gasteiger partial charge < -0.3 is 43.9 Å². The number of ketones is 3. The highest BCUT2D eigenvalue weighted by Crippen LogP contribution is 2.38. The minimum Gasteiger partial charge on any atom is -0.460 e. The maximum Gasteiger partial charge on any atom is 0.329 e. The summed E-state index contributed by atoms with van der Waals surface area (Å²) in [6, 6.07) is -1.14. The largest absolute Gasteiger partial charge is 0.460 e. The lowest BCUT2D eigenvalue weighted by Gasteiger charge is -2.42. The molecule has 1 saturated carbocycles. The zero-order chi connectivity index (χ0) is 65.7. The van der Waals surface area contributed by atoms with Gasteiger partial charge in [0.25, 0.3) is 11.7 Å². The Hall–Kier alpha value is -8.21. The third kappa shape index (κ3) is 25.8. The van der Waals surface area contributed by atoms with Gasteiger partial charge in [-0.25, -0.2) is 4.79 Å². The minimum atomic E-state index is -2.43. The Balaban J connectivity index is 0.000000725. The van der Waals surface area contributed by atoms with Crippen LogP contribution in [-0.2, 0) is 47.7 Å². The number of aliphatic hydroxyl groups excluding tert-OH is 2. The highest BCUT2D eigenvalue weighted by Gasteiger charge is 2.53. The number of carbonyl (C=O) groups excluding carboxylic acids is 5. The van der Waals surface area contributed by atoms with Crippen LogP contribution in [0.25, 0.3) is 0 Å². The van der Waals surface area contributed by atoms with Gasteiger partial charge >= 0.3 is 5.97 Å². The first-order chi connectivity index (χ1) is 42.7. The van der Waals surface area contributed by atoms with E-state index in [-0.39, 0.29) is 54.8 Å². The molecule has 468 valence electrons. The van der Waals surface area contributed by atoms with E-state index in [9.17, 15) is 39.3 Å². The smallest absolute Gasteiger partial charge is 0.329 e. The van der Waals surface area contributed by atoms with Gasteiger partial charge in [0.05, 0.1) is 24.4 Å². The van der Waals surface area contributed by atoms with Crippen LogP contribution < -0.4 is 0 Å². The van der Waals surface area contributed by atoms with E-state index in [1.165, 1.54) is 12.0 Å². The molecule has 14 nitrogen and oxygen atoms in total. The highest BCUT2D eigenvalue weighted by molar-refractivity contribution is 6.39. The fourth-order valence-corrected chi connectivity index (χ4v) is 10.8. The number of carbonyl (C=O) groups is 5. The average Bonchev–Trinajstić information content (AvgIpc) is 1.03. The zero-order valence-electron chi connectivity index (χ0n) is 53.6. The topological polar surface area (TPSA) is 195 Å². The van der Waals surface area contributed by atoms with E-state index in [1.54, 1.807) is 54.9 Å².